The first-order valence-corrected chi connectivity index (χ1v) is 4.81. The van der Waals surface area contributed by atoms with Crippen molar-refractivity contribution >= 4 is 33.3 Å². The molecule has 1 rings (SSSR count). The quantitative estimate of drug-likeness (QED) is 0.749. The fourth-order valence-corrected chi connectivity index (χ4v) is 1.62. The van der Waals surface area contributed by atoms with Crippen LogP contribution in [-0.4, -0.2) is 5.78 Å². The maximum atomic E-state index is 13.1. The second-order valence-electron chi connectivity index (χ2n) is 2.70. The summed E-state index contributed by atoms with van der Waals surface area (Å²) in [5.74, 6) is -0.506. The van der Waals surface area contributed by atoms with Crippen molar-refractivity contribution < 1.29 is 9.18 Å². The summed E-state index contributed by atoms with van der Waals surface area (Å²) in [6, 6.07) is 2.70. The summed E-state index contributed by atoms with van der Waals surface area (Å²) in [4.78, 5) is 10.8. The highest BCUT2D eigenvalue weighted by Crippen LogP contribution is 2.28. The molecule has 4 heteroatoms. The van der Waals surface area contributed by atoms with Crippen LogP contribution in [-0.2, 0) is 11.2 Å². The smallest absolute Gasteiger partial charge is 0.134 e. The van der Waals surface area contributed by atoms with Gasteiger partial charge in [0.05, 0.1) is 5.02 Å². The van der Waals surface area contributed by atoms with Gasteiger partial charge in [-0.25, -0.2) is 4.39 Å². The van der Waals surface area contributed by atoms with E-state index in [0.29, 0.717) is 15.1 Å². The van der Waals surface area contributed by atoms with Crippen LogP contribution < -0.4 is 0 Å². The lowest BCUT2D eigenvalue weighted by molar-refractivity contribution is -0.116. The Labute approximate surface area is 89.0 Å². The molecule has 0 aliphatic carbocycles. The zero-order chi connectivity index (χ0) is 10.0. The number of rotatable bonds is 2. The van der Waals surface area contributed by atoms with Crippen LogP contribution in [0.1, 0.15) is 12.5 Å². The maximum absolute atomic E-state index is 13.1. The normalized spacial score (nSPS) is 10.2. The molecule has 0 amide bonds. The molecule has 0 heterocycles. The van der Waals surface area contributed by atoms with E-state index in [1.54, 1.807) is 0 Å². The number of ketones is 1. The van der Waals surface area contributed by atoms with Crippen LogP contribution in [0, 0.1) is 5.82 Å². The highest BCUT2D eigenvalue weighted by Gasteiger charge is 2.11. The Kier molecular flexibility index (Phi) is 3.45. The van der Waals surface area contributed by atoms with Crippen LogP contribution in [0.15, 0.2) is 16.6 Å². The average molecular weight is 266 g/mol. The first-order chi connectivity index (χ1) is 6.02. The van der Waals surface area contributed by atoms with Crippen molar-refractivity contribution in [2.75, 3.05) is 0 Å². The molecule has 0 saturated carbocycles. The number of hydrogen-bond donors (Lipinski definition) is 0. The van der Waals surface area contributed by atoms with Gasteiger partial charge >= 0.3 is 0 Å². The molecule has 1 nitrogen and oxygen atoms in total. The van der Waals surface area contributed by atoms with Crippen molar-refractivity contribution in [1.82, 2.24) is 0 Å². The third-order valence-corrected chi connectivity index (χ3v) is 3.01. The monoisotopic (exact) mass is 264 g/mol. The third kappa shape index (κ3) is 2.51. The molecule has 0 radical (unpaired) electrons. The van der Waals surface area contributed by atoms with E-state index in [2.05, 4.69) is 15.9 Å². The molecule has 0 aromatic heterocycles. The minimum atomic E-state index is -0.411. The number of halogens is 3. The molecule has 0 N–H and O–H groups in total. The molecular weight excluding hydrogens is 258 g/mol. The van der Waals surface area contributed by atoms with Crippen LogP contribution in [0.3, 0.4) is 0 Å². The molecule has 1 aromatic carbocycles. The van der Waals surface area contributed by atoms with Crippen molar-refractivity contribution in [3.05, 3.63) is 33.0 Å². The van der Waals surface area contributed by atoms with Gasteiger partial charge in [-0.15, -0.1) is 0 Å². The minimum Gasteiger partial charge on any atom is -0.300 e. The molecule has 70 valence electrons. The van der Waals surface area contributed by atoms with E-state index >= 15 is 0 Å². The number of carbonyl (C=O) groups excluding carboxylic acids is 1. The maximum Gasteiger partial charge on any atom is 0.134 e. The van der Waals surface area contributed by atoms with Crippen LogP contribution in [0.2, 0.25) is 5.02 Å². The van der Waals surface area contributed by atoms with Crippen molar-refractivity contribution in [2.45, 2.75) is 13.3 Å². The van der Waals surface area contributed by atoms with E-state index in [4.69, 9.17) is 11.6 Å². The van der Waals surface area contributed by atoms with Crippen molar-refractivity contribution in [3.63, 3.8) is 0 Å². The Hall–Kier alpha value is -0.410. The van der Waals surface area contributed by atoms with Crippen LogP contribution >= 0.6 is 27.5 Å². The van der Waals surface area contributed by atoms with E-state index in [9.17, 15) is 9.18 Å². The van der Waals surface area contributed by atoms with Gasteiger partial charge in [0.15, 0.2) is 0 Å². The second kappa shape index (κ2) is 4.20. The molecule has 13 heavy (non-hydrogen) atoms. The molecule has 0 bridgehead atoms. The fourth-order valence-electron chi connectivity index (χ4n) is 0.980. The molecule has 0 unspecified atom stereocenters. The zero-order valence-corrected chi connectivity index (χ0v) is 9.25. The van der Waals surface area contributed by atoms with E-state index in [-0.39, 0.29) is 12.2 Å². The number of carbonyl (C=O) groups is 1. The summed E-state index contributed by atoms with van der Waals surface area (Å²) in [5.41, 5.74) is 0.319. The van der Waals surface area contributed by atoms with Gasteiger partial charge in [0.1, 0.15) is 11.6 Å². The molecule has 1 aromatic rings. The van der Waals surface area contributed by atoms with E-state index in [0.717, 1.165) is 0 Å². The molecular formula is C9H7BrClFO. The Morgan fingerprint density at radius 2 is 2.23 bits per heavy atom. The topological polar surface area (TPSA) is 17.1 Å². The SMILES string of the molecule is CC(=O)Cc1c(F)ccc(Cl)c1Br. The highest BCUT2D eigenvalue weighted by atomic mass is 79.9. The van der Waals surface area contributed by atoms with Crippen LogP contribution in [0.5, 0.6) is 0 Å². The van der Waals surface area contributed by atoms with Gasteiger partial charge in [0.2, 0.25) is 0 Å². The Bertz CT molecular complexity index is 352. The summed E-state index contributed by atoms with van der Waals surface area (Å²) in [7, 11) is 0. The van der Waals surface area contributed by atoms with E-state index in [1.165, 1.54) is 19.1 Å². The van der Waals surface area contributed by atoms with Crippen molar-refractivity contribution in [1.29, 1.82) is 0 Å². The summed E-state index contributed by atoms with van der Waals surface area (Å²) >= 11 is 8.88. The number of Topliss-reactive ketones (excluding diaryl/α,β-unsaturated/α-hetero) is 1. The number of hydrogen-bond acceptors (Lipinski definition) is 1. The minimum absolute atomic E-state index is 0.0625. The first-order valence-electron chi connectivity index (χ1n) is 3.64. The van der Waals surface area contributed by atoms with Gasteiger partial charge in [-0.2, -0.15) is 0 Å². The van der Waals surface area contributed by atoms with Gasteiger partial charge in [-0.3, -0.25) is 4.79 Å². The second-order valence-corrected chi connectivity index (χ2v) is 3.90. The molecule has 0 aliphatic heterocycles. The average Bonchev–Trinajstić information content (AvgIpc) is 2.05. The van der Waals surface area contributed by atoms with Crippen LogP contribution in [0.4, 0.5) is 4.39 Å². The fraction of sp³-hybridized carbons (Fsp3) is 0.222. The van der Waals surface area contributed by atoms with Crippen molar-refractivity contribution in [3.8, 4) is 0 Å². The van der Waals surface area contributed by atoms with Gasteiger partial charge in [-0.1, -0.05) is 11.6 Å². The molecule has 0 aliphatic rings. The van der Waals surface area contributed by atoms with Gasteiger partial charge in [0.25, 0.3) is 0 Å². The lowest BCUT2D eigenvalue weighted by Crippen LogP contribution is -2.00. The molecule has 0 fully saturated rings. The standard InChI is InChI=1S/C9H7BrClFO/c1-5(13)4-6-8(12)3-2-7(11)9(6)10/h2-3H,4H2,1H3. The number of benzene rings is 1. The predicted molar refractivity (Wildman–Crippen MR) is 53.5 cm³/mol. The Morgan fingerprint density at radius 3 is 2.77 bits per heavy atom. The highest BCUT2D eigenvalue weighted by molar-refractivity contribution is 9.10. The summed E-state index contributed by atoms with van der Waals surface area (Å²) in [6.45, 7) is 1.41. The predicted octanol–water partition coefficient (Wildman–Crippen LogP) is 3.37. The Morgan fingerprint density at radius 1 is 1.62 bits per heavy atom. The summed E-state index contributed by atoms with van der Waals surface area (Å²) < 4.78 is 13.6. The zero-order valence-electron chi connectivity index (χ0n) is 6.90. The molecule has 0 atom stereocenters. The van der Waals surface area contributed by atoms with E-state index in [1.807, 2.05) is 0 Å². The first kappa shape index (κ1) is 10.7. The van der Waals surface area contributed by atoms with Gasteiger partial charge < -0.3 is 0 Å². The van der Waals surface area contributed by atoms with Crippen molar-refractivity contribution in [2.24, 2.45) is 0 Å². The summed E-state index contributed by atoms with van der Waals surface area (Å²) in [6.07, 6.45) is 0.0625. The molecule has 0 spiro atoms. The largest absolute Gasteiger partial charge is 0.300 e. The van der Waals surface area contributed by atoms with Crippen LogP contribution in [0.25, 0.3) is 0 Å². The van der Waals surface area contributed by atoms with Gasteiger partial charge in [0, 0.05) is 16.5 Å². The van der Waals surface area contributed by atoms with Gasteiger partial charge in [-0.05, 0) is 35.0 Å². The van der Waals surface area contributed by atoms with E-state index < -0.39 is 5.82 Å². The Balaban J connectivity index is 3.17. The third-order valence-electron chi connectivity index (χ3n) is 1.56. The summed E-state index contributed by atoms with van der Waals surface area (Å²) in [5, 5.41) is 0.414. The lowest BCUT2D eigenvalue weighted by atomic mass is 10.1. The molecule has 0 saturated heterocycles. The lowest BCUT2D eigenvalue weighted by Gasteiger charge is -2.04.